The number of rotatable bonds is 6. The van der Waals surface area contributed by atoms with Gasteiger partial charge in [-0.15, -0.1) is 0 Å². The third-order valence-electron chi connectivity index (χ3n) is 3.85. The summed E-state index contributed by atoms with van der Waals surface area (Å²) in [4.78, 5) is 2.66. The molecule has 0 spiro atoms. The summed E-state index contributed by atoms with van der Waals surface area (Å²) in [6.07, 6.45) is 6.63. The third kappa shape index (κ3) is 2.63. The van der Waals surface area contributed by atoms with Crippen LogP contribution < -0.4 is 10.6 Å². The molecule has 1 aromatic rings. The van der Waals surface area contributed by atoms with E-state index in [0.29, 0.717) is 0 Å². The predicted octanol–water partition coefficient (Wildman–Crippen LogP) is 2.57. The number of hydrogen-bond acceptors (Lipinski definition) is 2. The van der Waals surface area contributed by atoms with E-state index >= 15 is 0 Å². The summed E-state index contributed by atoms with van der Waals surface area (Å²) in [7, 11) is 0. The number of para-hydroxylation sites is 1. The lowest BCUT2D eigenvalue weighted by Crippen LogP contribution is -2.29. The van der Waals surface area contributed by atoms with Gasteiger partial charge < -0.3 is 10.6 Å². The minimum absolute atomic E-state index is 0.749. The van der Waals surface area contributed by atoms with E-state index < -0.39 is 0 Å². The molecule has 0 aromatic heterocycles. The predicted molar refractivity (Wildman–Crippen MR) is 72.3 cm³/mol. The van der Waals surface area contributed by atoms with Crippen LogP contribution in [0.25, 0.3) is 0 Å². The topological polar surface area (TPSA) is 29.3 Å². The van der Waals surface area contributed by atoms with Crippen LogP contribution in [-0.4, -0.2) is 19.1 Å². The Morgan fingerprint density at radius 3 is 2.53 bits per heavy atom. The van der Waals surface area contributed by atoms with Crippen LogP contribution >= 0.6 is 0 Å². The second kappa shape index (κ2) is 4.69. The summed E-state index contributed by atoms with van der Waals surface area (Å²) in [5.74, 6) is 0.960. The van der Waals surface area contributed by atoms with Crippen LogP contribution in [0.4, 0.5) is 5.69 Å². The third-order valence-corrected chi connectivity index (χ3v) is 3.85. The maximum atomic E-state index is 5.72. The van der Waals surface area contributed by atoms with Crippen molar-refractivity contribution < 1.29 is 0 Å². The van der Waals surface area contributed by atoms with Gasteiger partial charge in [0.1, 0.15) is 0 Å². The van der Waals surface area contributed by atoms with E-state index in [1.165, 1.54) is 43.5 Å². The molecule has 2 aliphatic carbocycles. The van der Waals surface area contributed by atoms with Crippen LogP contribution in [0.3, 0.4) is 0 Å². The Balaban J connectivity index is 1.82. The summed E-state index contributed by atoms with van der Waals surface area (Å²) in [6.45, 7) is 2.02. The normalized spacial score (nSPS) is 19.4. The average Bonchev–Trinajstić information content (AvgIpc) is 3.21. The van der Waals surface area contributed by atoms with Crippen molar-refractivity contribution in [2.75, 3.05) is 18.0 Å². The zero-order valence-corrected chi connectivity index (χ0v) is 10.4. The van der Waals surface area contributed by atoms with Gasteiger partial charge in [-0.2, -0.15) is 0 Å². The first kappa shape index (κ1) is 11.1. The van der Waals surface area contributed by atoms with E-state index in [0.717, 1.165) is 24.9 Å². The van der Waals surface area contributed by atoms with Gasteiger partial charge in [-0.25, -0.2) is 0 Å². The van der Waals surface area contributed by atoms with E-state index in [9.17, 15) is 0 Å². The lowest BCUT2D eigenvalue weighted by molar-refractivity contribution is 0.714. The molecular weight excluding hydrogens is 208 g/mol. The Kier molecular flexibility index (Phi) is 3.06. The quantitative estimate of drug-likeness (QED) is 0.814. The smallest absolute Gasteiger partial charge is 0.0401 e. The molecule has 2 nitrogen and oxygen atoms in total. The summed E-state index contributed by atoms with van der Waals surface area (Å²) < 4.78 is 0. The van der Waals surface area contributed by atoms with E-state index in [1.807, 2.05) is 0 Å². The van der Waals surface area contributed by atoms with Gasteiger partial charge in [-0.3, -0.25) is 0 Å². The van der Waals surface area contributed by atoms with Crippen LogP contribution in [0.2, 0.25) is 0 Å². The number of nitrogens with zero attached hydrogens (tertiary/aromatic N) is 1. The summed E-state index contributed by atoms with van der Waals surface area (Å²) >= 11 is 0. The Morgan fingerprint density at radius 1 is 1.12 bits per heavy atom. The maximum Gasteiger partial charge on any atom is 0.0401 e. The van der Waals surface area contributed by atoms with Gasteiger partial charge >= 0.3 is 0 Å². The SMILES string of the molecule is NCCc1ccccc1N(CC1CC1)C1CC1. The minimum Gasteiger partial charge on any atom is -0.368 e. The first-order valence-corrected chi connectivity index (χ1v) is 6.93. The van der Waals surface area contributed by atoms with Crippen molar-refractivity contribution in [3.63, 3.8) is 0 Å². The van der Waals surface area contributed by atoms with Gasteiger partial charge in [0.2, 0.25) is 0 Å². The second-order valence-corrected chi connectivity index (χ2v) is 5.49. The molecule has 17 heavy (non-hydrogen) atoms. The molecular formula is C15H22N2. The van der Waals surface area contributed by atoms with Crippen molar-refractivity contribution in [1.82, 2.24) is 0 Å². The van der Waals surface area contributed by atoms with Gasteiger partial charge in [-0.1, -0.05) is 18.2 Å². The van der Waals surface area contributed by atoms with Gasteiger partial charge in [0.05, 0.1) is 0 Å². The van der Waals surface area contributed by atoms with Crippen molar-refractivity contribution >= 4 is 5.69 Å². The highest BCUT2D eigenvalue weighted by molar-refractivity contribution is 5.55. The van der Waals surface area contributed by atoms with Crippen molar-refractivity contribution in [3.05, 3.63) is 29.8 Å². The lowest BCUT2D eigenvalue weighted by Gasteiger charge is -2.27. The molecule has 0 saturated heterocycles. The van der Waals surface area contributed by atoms with Gasteiger partial charge in [0.25, 0.3) is 0 Å². The molecule has 0 unspecified atom stereocenters. The summed E-state index contributed by atoms with van der Waals surface area (Å²) in [6, 6.07) is 9.64. The lowest BCUT2D eigenvalue weighted by atomic mass is 10.1. The van der Waals surface area contributed by atoms with Gasteiger partial charge in [0, 0.05) is 18.3 Å². The minimum atomic E-state index is 0.749. The van der Waals surface area contributed by atoms with Crippen molar-refractivity contribution in [2.24, 2.45) is 11.7 Å². The summed E-state index contributed by atoms with van der Waals surface area (Å²) in [5.41, 5.74) is 8.60. The standard InChI is InChI=1S/C15H22N2/c16-10-9-13-3-1-2-4-15(13)17(14-7-8-14)11-12-5-6-12/h1-4,12,14H,5-11,16H2. The highest BCUT2D eigenvalue weighted by Gasteiger charge is 2.34. The molecule has 0 bridgehead atoms. The van der Waals surface area contributed by atoms with Crippen LogP contribution in [0.5, 0.6) is 0 Å². The highest BCUT2D eigenvalue weighted by Crippen LogP contribution is 2.38. The van der Waals surface area contributed by atoms with E-state index in [-0.39, 0.29) is 0 Å². The maximum absolute atomic E-state index is 5.72. The summed E-state index contributed by atoms with van der Waals surface area (Å²) in [5, 5.41) is 0. The second-order valence-electron chi connectivity index (χ2n) is 5.49. The fourth-order valence-corrected chi connectivity index (χ4v) is 2.57. The number of anilines is 1. The largest absolute Gasteiger partial charge is 0.368 e. The van der Waals surface area contributed by atoms with Gasteiger partial charge in [-0.05, 0) is 56.2 Å². The van der Waals surface area contributed by atoms with Crippen LogP contribution in [0.15, 0.2) is 24.3 Å². The van der Waals surface area contributed by atoms with Gasteiger partial charge in [0.15, 0.2) is 0 Å². The molecule has 2 N–H and O–H groups in total. The molecule has 0 heterocycles. The first-order valence-electron chi connectivity index (χ1n) is 6.93. The molecule has 92 valence electrons. The first-order chi connectivity index (χ1) is 8.38. The number of hydrogen-bond donors (Lipinski definition) is 1. The molecule has 0 atom stereocenters. The van der Waals surface area contributed by atoms with E-state index in [2.05, 4.69) is 29.2 Å². The van der Waals surface area contributed by atoms with Crippen molar-refractivity contribution in [3.8, 4) is 0 Å². The number of nitrogens with two attached hydrogens (primary N) is 1. The molecule has 0 aliphatic heterocycles. The molecule has 2 heteroatoms. The van der Waals surface area contributed by atoms with Crippen LogP contribution in [0, 0.1) is 5.92 Å². The average molecular weight is 230 g/mol. The molecule has 1 aromatic carbocycles. The fraction of sp³-hybridized carbons (Fsp3) is 0.600. The highest BCUT2D eigenvalue weighted by atomic mass is 15.2. The fourth-order valence-electron chi connectivity index (χ4n) is 2.57. The zero-order valence-electron chi connectivity index (χ0n) is 10.4. The Hall–Kier alpha value is -1.02. The molecule has 0 radical (unpaired) electrons. The number of benzene rings is 1. The Labute approximate surface area is 104 Å². The molecule has 0 amide bonds. The Bertz CT molecular complexity index is 380. The van der Waals surface area contributed by atoms with Crippen LogP contribution in [0.1, 0.15) is 31.2 Å². The Morgan fingerprint density at radius 2 is 1.88 bits per heavy atom. The van der Waals surface area contributed by atoms with E-state index in [4.69, 9.17) is 5.73 Å². The van der Waals surface area contributed by atoms with Crippen LogP contribution in [-0.2, 0) is 6.42 Å². The van der Waals surface area contributed by atoms with Crippen molar-refractivity contribution in [1.29, 1.82) is 0 Å². The monoisotopic (exact) mass is 230 g/mol. The van der Waals surface area contributed by atoms with E-state index in [1.54, 1.807) is 0 Å². The zero-order chi connectivity index (χ0) is 11.7. The van der Waals surface area contributed by atoms with Crippen molar-refractivity contribution in [2.45, 2.75) is 38.1 Å². The molecule has 2 saturated carbocycles. The molecule has 3 rings (SSSR count). The molecule has 2 aliphatic rings. The molecule has 2 fully saturated rings.